The van der Waals surface area contributed by atoms with Crippen LogP contribution < -0.4 is 21.3 Å². The van der Waals surface area contributed by atoms with Gasteiger partial charge < -0.3 is 36.0 Å². The second kappa shape index (κ2) is 15.5. The fraction of sp³-hybridized carbons (Fsp3) is 0.500. The average molecular weight is 492 g/mol. The fourth-order valence-electron chi connectivity index (χ4n) is 3.02. The molecule has 0 aromatic heterocycles. The van der Waals surface area contributed by atoms with Crippen LogP contribution in [0.4, 0.5) is 10.5 Å². The zero-order valence-electron chi connectivity index (χ0n) is 20.8. The van der Waals surface area contributed by atoms with Gasteiger partial charge in [-0.2, -0.15) is 0 Å². The number of carbonyl (C=O) groups excluding carboxylic acids is 4. The first kappa shape index (κ1) is 29.6. The van der Waals surface area contributed by atoms with E-state index in [1.165, 1.54) is 12.1 Å². The maximum atomic E-state index is 12.6. The molecule has 1 aromatic rings. The Morgan fingerprint density at radius 1 is 1.17 bits per heavy atom. The molecular weight excluding hydrogens is 454 g/mol. The van der Waals surface area contributed by atoms with Gasteiger partial charge in [-0.15, -0.1) is 0 Å². The second-order valence-corrected chi connectivity index (χ2v) is 8.46. The number of ether oxygens (including phenoxy) is 1. The van der Waals surface area contributed by atoms with Crippen LogP contribution >= 0.6 is 0 Å². The molecule has 4 amide bonds. The molecule has 0 saturated carbocycles. The van der Waals surface area contributed by atoms with Crippen molar-refractivity contribution in [2.45, 2.75) is 32.9 Å². The van der Waals surface area contributed by atoms with Crippen molar-refractivity contribution in [1.82, 2.24) is 20.9 Å². The summed E-state index contributed by atoms with van der Waals surface area (Å²) in [7, 11) is 3.89. The van der Waals surface area contributed by atoms with Crippen molar-refractivity contribution in [3.63, 3.8) is 0 Å². The highest BCUT2D eigenvalue weighted by molar-refractivity contribution is 5.99. The van der Waals surface area contributed by atoms with Gasteiger partial charge in [0.15, 0.2) is 0 Å². The maximum Gasteiger partial charge on any atom is 0.408 e. The first-order valence-corrected chi connectivity index (χ1v) is 11.4. The van der Waals surface area contributed by atoms with E-state index in [1.54, 1.807) is 26.0 Å². The minimum atomic E-state index is -0.897. The smallest absolute Gasteiger partial charge is 0.408 e. The van der Waals surface area contributed by atoms with Crippen molar-refractivity contribution in [2.75, 3.05) is 45.7 Å². The Hall–Kier alpha value is -3.44. The summed E-state index contributed by atoms with van der Waals surface area (Å²) in [5, 5.41) is 19.9. The normalized spacial score (nSPS) is 11.5. The molecule has 0 aliphatic rings. The molecule has 0 aliphatic carbocycles. The minimum absolute atomic E-state index is 0.00579. The Morgan fingerprint density at radius 3 is 2.49 bits per heavy atom. The molecule has 0 fully saturated rings. The number of aliphatic hydroxyl groups is 1. The van der Waals surface area contributed by atoms with E-state index in [9.17, 15) is 24.3 Å². The number of aliphatic hydroxyl groups excluding tert-OH is 1. The molecule has 1 unspecified atom stereocenters. The number of benzene rings is 1. The van der Waals surface area contributed by atoms with Crippen molar-refractivity contribution < 1.29 is 29.0 Å². The molecule has 11 heteroatoms. The third kappa shape index (κ3) is 11.0. The minimum Gasteiger partial charge on any atom is -0.445 e. The third-order valence-electron chi connectivity index (χ3n) is 4.85. The Morgan fingerprint density at radius 2 is 1.89 bits per heavy atom. The molecule has 1 atom stereocenters. The van der Waals surface area contributed by atoms with Crippen LogP contribution in [0.1, 0.15) is 36.2 Å². The number of rotatable bonds is 14. The van der Waals surface area contributed by atoms with E-state index < -0.39 is 23.9 Å². The van der Waals surface area contributed by atoms with Gasteiger partial charge in [0.25, 0.3) is 5.91 Å². The van der Waals surface area contributed by atoms with Crippen LogP contribution in [0, 0.1) is 5.92 Å². The molecule has 0 spiro atoms. The largest absolute Gasteiger partial charge is 0.445 e. The number of anilines is 1. The molecular formula is C24H37N5O6. The van der Waals surface area contributed by atoms with Crippen molar-refractivity contribution >= 4 is 29.5 Å². The highest BCUT2D eigenvalue weighted by Crippen LogP contribution is 2.16. The first-order valence-electron chi connectivity index (χ1n) is 11.4. The molecule has 0 radical (unpaired) electrons. The zero-order valence-corrected chi connectivity index (χ0v) is 20.8. The Kier molecular flexibility index (Phi) is 13.1. The molecule has 0 saturated heterocycles. The van der Waals surface area contributed by atoms with Crippen LogP contribution in [-0.2, 0) is 20.9 Å². The highest BCUT2D eigenvalue weighted by Gasteiger charge is 2.25. The van der Waals surface area contributed by atoms with Crippen LogP contribution in [0.25, 0.3) is 0 Å². The van der Waals surface area contributed by atoms with E-state index in [0.717, 1.165) is 13.0 Å². The number of nitrogens with zero attached hydrogens (tertiary/aromatic N) is 1. The van der Waals surface area contributed by atoms with Crippen molar-refractivity contribution in [2.24, 2.45) is 5.92 Å². The quantitative estimate of drug-likeness (QED) is 0.191. The topological polar surface area (TPSA) is 149 Å². The number of hydrogen-bond donors (Lipinski definition) is 5. The summed E-state index contributed by atoms with van der Waals surface area (Å²) in [6, 6.07) is 3.69. The van der Waals surface area contributed by atoms with Gasteiger partial charge in [-0.1, -0.05) is 32.6 Å². The number of hydrogen-bond acceptors (Lipinski definition) is 7. The van der Waals surface area contributed by atoms with Gasteiger partial charge in [0.2, 0.25) is 11.8 Å². The summed E-state index contributed by atoms with van der Waals surface area (Å²) in [4.78, 5) is 51.2. The summed E-state index contributed by atoms with van der Waals surface area (Å²) in [5.74, 6) is -1.67. The third-order valence-corrected chi connectivity index (χ3v) is 4.85. The molecule has 11 nitrogen and oxygen atoms in total. The van der Waals surface area contributed by atoms with Gasteiger partial charge in [0, 0.05) is 17.8 Å². The van der Waals surface area contributed by atoms with Gasteiger partial charge in [0.1, 0.15) is 12.6 Å². The number of amides is 4. The lowest BCUT2D eigenvalue weighted by Crippen LogP contribution is -2.51. The predicted molar refractivity (Wildman–Crippen MR) is 133 cm³/mol. The van der Waals surface area contributed by atoms with Crippen molar-refractivity contribution in [3.8, 4) is 0 Å². The monoisotopic (exact) mass is 491 g/mol. The number of carbonyl (C=O) groups is 4. The van der Waals surface area contributed by atoms with E-state index in [2.05, 4.69) is 27.8 Å². The van der Waals surface area contributed by atoms with Gasteiger partial charge in [-0.05, 0) is 50.7 Å². The summed E-state index contributed by atoms with van der Waals surface area (Å²) in [6.45, 7) is 7.55. The van der Waals surface area contributed by atoms with E-state index in [4.69, 9.17) is 4.74 Å². The van der Waals surface area contributed by atoms with E-state index in [0.29, 0.717) is 17.8 Å². The zero-order chi connectivity index (χ0) is 26.4. The standard InChI is InChI=1S/C24H37N5O6/c1-6-12-35-24(34)28-21(16(2)3)23(33)26-14-20(31)27-18-9-8-17(15-30)19(13-18)22(32)25-10-7-11-29(4)5/h6,8-9,13,16,21,30H,1,7,10-12,14-15H2,2-5H3,(H,25,32)(H,26,33)(H,27,31)(H,28,34). The van der Waals surface area contributed by atoms with E-state index in [-0.39, 0.29) is 37.1 Å². The Labute approximate surface area is 206 Å². The molecule has 0 aliphatic heterocycles. The second-order valence-electron chi connectivity index (χ2n) is 8.46. The Bertz CT molecular complexity index is 887. The summed E-state index contributed by atoms with van der Waals surface area (Å²) >= 11 is 0. The van der Waals surface area contributed by atoms with Crippen molar-refractivity contribution in [1.29, 1.82) is 0 Å². The fourth-order valence-corrected chi connectivity index (χ4v) is 3.02. The predicted octanol–water partition coefficient (Wildman–Crippen LogP) is 0.852. The van der Waals surface area contributed by atoms with Gasteiger partial charge in [-0.3, -0.25) is 14.4 Å². The maximum absolute atomic E-state index is 12.6. The first-order chi connectivity index (χ1) is 16.6. The average Bonchev–Trinajstić information content (AvgIpc) is 2.81. The van der Waals surface area contributed by atoms with Crippen molar-refractivity contribution in [3.05, 3.63) is 42.0 Å². The SMILES string of the molecule is C=CCOC(=O)NC(C(=O)NCC(=O)Nc1ccc(CO)c(C(=O)NCCCN(C)C)c1)C(C)C. The molecule has 35 heavy (non-hydrogen) atoms. The van der Waals surface area contributed by atoms with Gasteiger partial charge in [0.05, 0.1) is 13.2 Å². The molecule has 194 valence electrons. The van der Waals surface area contributed by atoms with Crippen LogP contribution in [0.2, 0.25) is 0 Å². The Balaban J connectivity index is 2.71. The molecule has 1 rings (SSSR count). The molecule has 1 aromatic carbocycles. The lowest BCUT2D eigenvalue weighted by molar-refractivity contribution is -0.126. The summed E-state index contributed by atoms with van der Waals surface area (Å²) in [5.41, 5.74) is 1.02. The summed E-state index contributed by atoms with van der Waals surface area (Å²) in [6.07, 6.45) is 1.41. The lowest BCUT2D eigenvalue weighted by atomic mass is 10.0. The van der Waals surface area contributed by atoms with Gasteiger partial charge in [-0.25, -0.2) is 4.79 Å². The molecule has 0 heterocycles. The van der Waals surface area contributed by atoms with Crippen LogP contribution in [0.15, 0.2) is 30.9 Å². The summed E-state index contributed by atoms with van der Waals surface area (Å²) < 4.78 is 4.84. The van der Waals surface area contributed by atoms with Crippen LogP contribution in [0.5, 0.6) is 0 Å². The molecule has 5 N–H and O–H groups in total. The van der Waals surface area contributed by atoms with Crippen LogP contribution in [-0.4, -0.2) is 80.2 Å². The van der Waals surface area contributed by atoms with Gasteiger partial charge >= 0.3 is 6.09 Å². The molecule has 0 bridgehead atoms. The van der Waals surface area contributed by atoms with Crippen LogP contribution in [0.3, 0.4) is 0 Å². The highest BCUT2D eigenvalue weighted by atomic mass is 16.5. The van der Waals surface area contributed by atoms with E-state index >= 15 is 0 Å². The number of nitrogens with one attached hydrogen (secondary N) is 4. The number of alkyl carbamates (subject to hydrolysis) is 1. The lowest BCUT2D eigenvalue weighted by Gasteiger charge is -2.21. The van der Waals surface area contributed by atoms with E-state index in [1.807, 2.05) is 19.0 Å².